The third kappa shape index (κ3) is 28.9. The second kappa shape index (κ2) is 24.0. The first kappa shape index (κ1) is 30.9. The van der Waals surface area contributed by atoms with E-state index >= 15 is 0 Å². The smallest absolute Gasteiger partial charge is 0.790 e. The first-order valence-electron chi connectivity index (χ1n) is 11.7. The maximum atomic E-state index is 10.3. The van der Waals surface area contributed by atoms with Crippen molar-refractivity contribution in [2.75, 3.05) is 6.61 Å². The van der Waals surface area contributed by atoms with E-state index in [9.17, 15) is 14.4 Å². The minimum Gasteiger partial charge on any atom is -0.790 e. The molecule has 0 unspecified atom stereocenters. The van der Waals surface area contributed by atoms with Gasteiger partial charge in [0.2, 0.25) is 0 Å². The zero-order chi connectivity index (χ0) is 20.1. The minimum atomic E-state index is -4.76. The van der Waals surface area contributed by atoms with Gasteiger partial charge in [-0.2, -0.15) is 0 Å². The van der Waals surface area contributed by atoms with Crippen LogP contribution in [-0.4, -0.2) is 6.61 Å². The quantitative estimate of drug-likeness (QED) is 0.101. The molecular weight excluding hydrogens is 425 g/mol. The molecule has 0 aromatic heterocycles. The monoisotopic (exact) mass is 468 g/mol. The topological polar surface area (TPSA) is 72.4 Å². The van der Waals surface area contributed by atoms with E-state index in [4.69, 9.17) is 0 Å². The molecule has 0 aromatic carbocycles. The molecule has 0 N–H and O–H groups in total. The predicted molar refractivity (Wildman–Crippen MR) is 112 cm³/mol. The SMILES string of the molecule is CCCCCCCCCCCCCCCCCCCCCCOP(=O)([O-])[O-].[Zn+2]. The summed E-state index contributed by atoms with van der Waals surface area (Å²) in [4.78, 5) is 20.6. The van der Waals surface area contributed by atoms with Crippen LogP contribution >= 0.6 is 7.82 Å². The Morgan fingerprint density at radius 3 is 1.04 bits per heavy atom. The summed E-state index contributed by atoms with van der Waals surface area (Å²) < 4.78 is 14.5. The Balaban J connectivity index is 0. The molecule has 0 radical (unpaired) electrons. The third-order valence-corrected chi connectivity index (χ3v) is 5.75. The molecule has 0 aliphatic heterocycles. The molecule has 0 saturated heterocycles. The summed E-state index contributed by atoms with van der Waals surface area (Å²) in [6, 6.07) is 0. The Morgan fingerprint density at radius 2 is 0.786 bits per heavy atom. The van der Waals surface area contributed by atoms with Gasteiger partial charge in [0.25, 0.3) is 0 Å². The van der Waals surface area contributed by atoms with Crippen molar-refractivity contribution in [3.8, 4) is 0 Å². The van der Waals surface area contributed by atoms with Gasteiger partial charge in [0.15, 0.2) is 0 Å². The van der Waals surface area contributed by atoms with E-state index in [2.05, 4.69) is 11.4 Å². The maximum Gasteiger partial charge on any atom is 2.00 e. The number of hydrogen-bond acceptors (Lipinski definition) is 4. The Bertz CT molecular complexity index is 336. The molecular formula is C22H45O4PZn. The first-order valence-corrected chi connectivity index (χ1v) is 13.2. The van der Waals surface area contributed by atoms with E-state index in [-0.39, 0.29) is 26.1 Å². The van der Waals surface area contributed by atoms with Crippen LogP contribution in [0.5, 0.6) is 0 Å². The largest absolute Gasteiger partial charge is 2.00 e. The molecule has 0 aliphatic rings. The number of unbranched alkanes of at least 4 members (excludes halogenated alkanes) is 19. The Labute approximate surface area is 188 Å². The number of phosphoric ester groups is 1. The van der Waals surface area contributed by atoms with Crippen molar-refractivity contribution in [2.24, 2.45) is 0 Å². The molecule has 28 heavy (non-hydrogen) atoms. The molecule has 0 fully saturated rings. The van der Waals surface area contributed by atoms with Gasteiger partial charge in [-0.25, -0.2) is 0 Å². The van der Waals surface area contributed by atoms with Gasteiger partial charge in [0.05, 0.1) is 14.4 Å². The molecule has 0 rings (SSSR count). The zero-order valence-corrected chi connectivity index (χ0v) is 22.5. The van der Waals surface area contributed by atoms with Gasteiger partial charge in [-0.05, 0) is 6.42 Å². The van der Waals surface area contributed by atoms with E-state index < -0.39 is 7.82 Å². The molecule has 0 saturated carbocycles. The second-order valence-electron chi connectivity index (χ2n) is 8.00. The summed E-state index contributed by atoms with van der Waals surface area (Å²) >= 11 is 0. The van der Waals surface area contributed by atoms with Crippen molar-refractivity contribution in [1.29, 1.82) is 0 Å². The fourth-order valence-corrected chi connectivity index (χ4v) is 3.89. The van der Waals surface area contributed by atoms with Gasteiger partial charge in [0.1, 0.15) is 0 Å². The molecule has 0 aromatic rings. The van der Waals surface area contributed by atoms with E-state index in [0.29, 0.717) is 6.42 Å². The van der Waals surface area contributed by atoms with Crippen molar-refractivity contribution < 1.29 is 38.4 Å². The van der Waals surface area contributed by atoms with Gasteiger partial charge >= 0.3 is 19.5 Å². The van der Waals surface area contributed by atoms with Crippen LogP contribution in [0.15, 0.2) is 0 Å². The summed E-state index contributed by atoms with van der Waals surface area (Å²) in [5.41, 5.74) is 0. The summed E-state index contributed by atoms with van der Waals surface area (Å²) in [6.07, 6.45) is 26.2. The van der Waals surface area contributed by atoms with Gasteiger partial charge in [-0.1, -0.05) is 129 Å². The fourth-order valence-electron chi connectivity index (χ4n) is 3.53. The van der Waals surface area contributed by atoms with Crippen molar-refractivity contribution >= 4 is 7.82 Å². The molecule has 4 nitrogen and oxygen atoms in total. The average Bonchev–Trinajstić information content (AvgIpc) is 2.62. The van der Waals surface area contributed by atoms with Gasteiger partial charge < -0.3 is 18.9 Å². The maximum absolute atomic E-state index is 10.3. The van der Waals surface area contributed by atoms with Crippen molar-refractivity contribution in [2.45, 2.75) is 135 Å². The van der Waals surface area contributed by atoms with Crippen LogP contribution in [-0.2, 0) is 28.6 Å². The van der Waals surface area contributed by atoms with Crippen LogP contribution in [0, 0.1) is 0 Å². The Morgan fingerprint density at radius 1 is 0.536 bits per heavy atom. The third-order valence-electron chi connectivity index (χ3n) is 5.25. The molecule has 0 amide bonds. The van der Waals surface area contributed by atoms with Crippen molar-refractivity contribution in [3.05, 3.63) is 0 Å². The predicted octanol–water partition coefficient (Wildman–Crippen LogP) is 6.65. The molecule has 164 valence electrons. The van der Waals surface area contributed by atoms with Crippen LogP contribution < -0.4 is 9.79 Å². The van der Waals surface area contributed by atoms with Crippen molar-refractivity contribution in [1.82, 2.24) is 0 Å². The number of hydrogen-bond donors (Lipinski definition) is 0. The van der Waals surface area contributed by atoms with Crippen molar-refractivity contribution in [3.63, 3.8) is 0 Å². The first-order chi connectivity index (χ1) is 13.1. The van der Waals surface area contributed by atoms with Gasteiger partial charge in [-0.15, -0.1) is 0 Å². The second-order valence-corrected chi connectivity index (χ2v) is 9.15. The molecule has 0 bridgehead atoms. The summed E-state index contributed by atoms with van der Waals surface area (Å²) in [5.74, 6) is 0. The molecule has 0 atom stereocenters. The molecule has 0 spiro atoms. The van der Waals surface area contributed by atoms with Gasteiger partial charge in [0, 0.05) is 0 Å². The summed E-state index contributed by atoms with van der Waals surface area (Å²) in [5, 5.41) is 0. The van der Waals surface area contributed by atoms with Crippen LogP contribution in [0.1, 0.15) is 135 Å². The zero-order valence-electron chi connectivity index (χ0n) is 18.6. The Kier molecular flexibility index (Phi) is 26.5. The average molecular weight is 470 g/mol. The number of rotatable bonds is 22. The normalized spacial score (nSPS) is 11.5. The van der Waals surface area contributed by atoms with Gasteiger partial charge in [-0.3, -0.25) is 0 Å². The van der Waals surface area contributed by atoms with E-state index in [1.807, 2.05) is 0 Å². The van der Waals surface area contributed by atoms with Crippen LogP contribution in [0.3, 0.4) is 0 Å². The van der Waals surface area contributed by atoms with Crippen LogP contribution in [0.25, 0.3) is 0 Å². The van der Waals surface area contributed by atoms with Crippen LogP contribution in [0.2, 0.25) is 0 Å². The fraction of sp³-hybridized carbons (Fsp3) is 1.00. The standard InChI is InChI=1S/C22H47O4P.Zn/c1-2-3-4-5-6-7-8-9-10-11-12-13-14-15-16-17-18-19-20-21-22-26-27(23,24)25;/h2-22H2,1H3,(H2,23,24,25);/q;+2/p-2. The van der Waals surface area contributed by atoms with E-state index in [1.54, 1.807) is 0 Å². The minimum absolute atomic E-state index is 0. The molecule has 0 heterocycles. The Hall–Kier alpha value is 0.733. The van der Waals surface area contributed by atoms with Crippen LogP contribution in [0.4, 0.5) is 0 Å². The van der Waals surface area contributed by atoms with E-state index in [1.165, 1.54) is 109 Å². The number of phosphoric acid groups is 1. The summed E-state index contributed by atoms with van der Waals surface area (Å²) in [6.45, 7) is 2.32. The summed E-state index contributed by atoms with van der Waals surface area (Å²) in [7, 11) is -4.76. The molecule has 0 aliphatic carbocycles. The van der Waals surface area contributed by atoms with E-state index in [0.717, 1.165) is 12.8 Å². The molecule has 6 heteroatoms.